The Kier molecular flexibility index (Phi) is 4.06. The Bertz CT molecular complexity index is 160. The molecule has 0 N–H and O–H groups in total. The topological polar surface area (TPSA) is 17.1 Å². The van der Waals surface area contributed by atoms with Crippen LogP contribution in [0.4, 0.5) is 0 Å². The van der Waals surface area contributed by atoms with Gasteiger partial charge in [0, 0.05) is 0 Å². The van der Waals surface area contributed by atoms with Crippen molar-refractivity contribution in [2.45, 2.75) is 45.4 Å². The Labute approximate surface area is 74.9 Å². The molecule has 0 spiro atoms. The molecule has 1 heteroatoms. The number of rotatable bonds is 3. The molecule has 0 atom stereocenters. The lowest BCUT2D eigenvalue weighted by Crippen LogP contribution is -2.07. The van der Waals surface area contributed by atoms with E-state index in [4.69, 9.17) is 0 Å². The highest BCUT2D eigenvalue weighted by atomic mass is 16.1. The molecule has 1 rings (SSSR count). The molecule has 0 aliphatic heterocycles. The van der Waals surface area contributed by atoms with Gasteiger partial charge in [-0.05, 0) is 37.7 Å². The van der Waals surface area contributed by atoms with Crippen LogP contribution in [0.15, 0.2) is 11.6 Å². The number of carbonyl (C=O) groups is 1. The van der Waals surface area contributed by atoms with Crippen LogP contribution in [-0.2, 0) is 4.79 Å². The number of hydrogen-bond donors (Lipinski definition) is 0. The molecule has 12 heavy (non-hydrogen) atoms. The first-order valence-corrected chi connectivity index (χ1v) is 5.00. The first kappa shape index (κ1) is 9.50. The monoisotopic (exact) mass is 166 g/mol. The minimum atomic E-state index is 0.926. The molecule has 0 aromatic heterocycles. The summed E-state index contributed by atoms with van der Waals surface area (Å²) in [5.74, 6) is 0.929. The summed E-state index contributed by atoms with van der Waals surface area (Å²) in [6.07, 6.45) is 10.3. The molecule has 1 nitrogen and oxygen atoms in total. The quantitative estimate of drug-likeness (QED) is 0.465. The van der Waals surface area contributed by atoms with E-state index in [1.165, 1.54) is 31.3 Å². The number of carbonyl (C=O) groups excluding carboxylic acids is 1. The fourth-order valence-electron chi connectivity index (χ4n) is 2.01. The summed E-state index contributed by atoms with van der Waals surface area (Å²) < 4.78 is 0. The second-order valence-electron chi connectivity index (χ2n) is 3.69. The molecule has 0 heterocycles. The van der Waals surface area contributed by atoms with Gasteiger partial charge in [-0.25, -0.2) is 0 Å². The largest absolute Gasteiger partial charge is 0.299 e. The Balaban J connectivity index is 2.29. The predicted molar refractivity (Wildman–Crippen MR) is 51.0 cm³/mol. The van der Waals surface area contributed by atoms with Gasteiger partial charge < -0.3 is 0 Å². The first-order chi connectivity index (χ1) is 5.86. The summed E-state index contributed by atoms with van der Waals surface area (Å²) in [6.45, 7) is 2.25. The van der Waals surface area contributed by atoms with Crippen molar-refractivity contribution in [2.24, 2.45) is 5.92 Å². The van der Waals surface area contributed by atoms with Gasteiger partial charge in [-0.2, -0.15) is 0 Å². The van der Waals surface area contributed by atoms with Crippen LogP contribution in [0.25, 0.3) is 0 Å². The molecule has 0 bridgehead atoms. The molecule has 0 radical (unpaired) electrons. The zero-order valence-corrected chi connectivity index (χ0v) is 7.88. The summed E-state index contributed by atoms with van der Waals surface area (Å²) in [5, 5.41) is 0. The second kappa shape index (κ2) is 5.13. The van der Waals surface area contributed by atoms with E-state index in [9.17, 15) is 4.79 Å². The lowest BCUT2D eigenvalue weighted by molar-refractivity contribution is -0.104. The van der Waals surface area contributed by atoms with Gasteiger partial charge in [-0.15, -0.1) is 0 Å². The smallest absolute Gasteiger partial charge is 0.142 e. The van der Waals surface area contributed by atoms with E-state index in [-0.39, 0.29) is 0 Å². The molecule has 1 fully saturated rings. The zero-order valence-electron chi connectivity index (χ0n) is 7.88. The summed E-state index contributed by atoms with van der Waals surface area (Å²) in [6, 6.07) is 0. The molecule has 1 aliphatic carbocycles. The molecular formula is C11H18O. The van der Waals surface area contributed by atoms with Crippen LogP contribution in [0.1, 0.15) is 45.4 Å². The van der Waals surface area contributed by atoms with Gasteiger partial charge in [0.05, 0.1) is 0 Å². The highest BCUT2D eigenvalue weighted by Crippen LogP contribution is 2.30. The van der Waals surface area contributed by atoms with Crippen molar-refractivity contribution in [1.82, 2.24) is 0 Å². The first-order valence-electron chi connectivity index (χ1n) is 5.00. The van der Waals surface area contributed by atoms with Gasteiger partial charge in [0.2, 0.25) is 0 Å². The molecule has 0 aromatic rings. The van der Waals surface area contributed by atoms with E-state index < -0.39 is 0 Å². The normalized spacial score (nSPS) is 23.8. The van der Waals surface area contributed by atoms with E-state index in [1.807, 2.05) is 0 Å². The van der Waals surface area contributed by atoms with Crippen LogP contribution in [0, 0.1) is 5.92 Å². The molecular weight excluding hydrogens is 148 g/mol. The van der Waals surface area contributed by atoms with Crippen LogP contribution in [-0.4, -0.2) is 6.29 Å². The van der Waals surface area contributed by atoms with Crippen molar-refractivity contribution in [3.63, 3.8) is 0 Å². The standard InChI is InChI=1S/C11H18O/c1-2-3-10-4-6-11(7-5-10)8-9-12/h8-10H,2-7H2,1H3. The zero-order chi connectivity index (χ0) is 8.81. The van der Waals surface area contributed by atoms with E-state index in [1.54, 1.807) is 6.08 Å². The van der Waals surface area contributed by atoms with Crippen molar-refractivity contribution in [3.05, 3.63) is 11.6 Å². The van der Waals surface area contributed by atoms with Gasteiger partial charge in [0.15, 0.2) is 0 Å². The number of aldehydes is 1. The SMILES string of the molecule is CCCC1CCC(=CC=O)CC1. The average molecular weight is 166 g/mol. The van der Waals surface area contributed by atoms with Gasteiger partial charge in [0.1, 0.15) is 6.29 Å². The van der Waals surface area contributed by atoms with Crippen LogP contribution >= 0.6 is 0 Å². The minimum Gasteiger partial charge on any atom is -0.299 e. The lowest BCUT2D eigenvalue weighted by atomic mass is 9.83. The third kappa shape index (κ3) is 2.80. The molecule has 0 unspecified atom stereocenters. The van der Waals surface area contributed by atoms with Crippen molar-refractivity contribution in [2.75, 3.05) is 0 Å². The molecule has 68 valence electrons. The molecule has 0 amide bonds. The van der Waals surface area contributed by atoms with Crippen molar-refractivity contribution < 1.29 is 4.79 Å². The molecule has 0 saturated heterocycles. The Morgan fingerprint density at radius 2 is 2.08 bits per heavy atom. The van der Waals surface area contributed by atoms with Crippen LogP contribution < -0.4 is 0 Å². The Hall–Kier alpha value is -0.590. The highest BCUT2D eigenvalue weighted by Gasteiger charge is 2.14. The van der Waals surface area contributed by atoms with E-state index in [2.05, 4.69) is 6.92 Å². The fourth-order valence-corrected chi connectivity index (χ4v) is 2.01. The Morgan fingerprint density at radius 3 is 2.58 bits per heavy atom. The summed E-state index contributed by atoms with van der Waals surface area (Å²) in [7, 11) is 0. The van der Waals surface area contributed by atoms with Gasteiger partial charge in [-0.3, -0.25) is 4.79 Å². The average Bonchev–Trinajstić information content (AvgIpc) is 2.09. The molecule has 0 aromatic carbocycles. The van der Waals surface area contributed by atoms with Crippen LogP contribution in [0.2, 0.25) is 0 Å². The minimum absolute atomic E-state index is 0.926. The second-order valence-corrected chi connectivity index (χ2v) is 3.69. The summed E-state index contributed by atoms with van der Waals surface area (Å²) in [4.78, 5) is 10.2. The van der Waals surface area contributed by atoms with Gasteiger partial charge in [-0.1, -0.05) is 25.3 Å². The number of allylic oxidation sites excluding steroid dienone is 2. The third-order valence-electron chi connectivity index (χ3n) is 2.75. The van der Waals surface area contributed by atoms with Crippen LogP contribution in [0.3, 0.4) is 0 Å². The van der Waals surface area contributed by atoms with E-state index >= 15 is 0 Å². The Morgan fingerprint density at radius 1 is 1.42 bits per heavy atom. The van der Waals surface area contributed by atoms with Crippen molar-refractivity contribution in [1.29, 1.82) is 0 Å². The maximum absolute atomic E-state index is 10.2. The van der Waals surface area contributed by atoms with Crippen molar-refractivity contribution >= 4 is 6.29 Å². The maximum atomic E-state index is 10.2. The van der Waals surface area contributed by atoms with Crippen molar-refractivity contribution in [3.8, 4) is 0 Å². The predicted octanol–water partition coefficient (Wildman–Crippen LogP) is 3.10. The highest BCUT2D eigenvalue weighted by molar-refractivity contribution is 5.66. The van der Waals surface area contributed by atoms with Crippen LogP contribution in [0.5, 0.6) is 0 Å². The summed E-state index contributed by atoms with van der Waals surface area (Å²) >= 11 is 0. The number of hydrogen-bond acceptors (Lipinski definition) is 1. The maximum Gasteiger partial charge on any atom is 0.142 e. The third-order valence-corrected chi connectivity index (χ3v) is 2.75. The molecule has 1 saturated carbocycles. The summed E-state index contributed by atoms with van der Waals surface area (Å²) in [5.41, 5.74) is 1.36. The van der Waals surface area contributed by atoms with E-state index in [0.29, 0.717) is 0 Å². The molecule has 1 aliphatic rings. The van der Waals surface area contributed by atoms with Gasteiger partial charge >= 0.3 is 0 Å². The van der Waals surface area contributed by atoms with Gasteiger partial charge in [0.25, 0.3) is 0 Å². The van der Waals surface area contributed by atoms with E-state index in [0.717, 1.165) is 25.0 Å². The fraction of sp³-hybridized carbons (Fsp3) is 0.727. The lowest BCUT2D eigenvalue weighted by Gasteiger charge is -2.22.